The van der Waals surface area contributed by atoms with Gasteiger partial charge in [0.1, 0.15) is 0 Å². The molecule has 1 aromatic carbocycles. The number of aryl methyl sites for hydroxylation is 1. The van der Waals surface area contributed by atoms with Crippen LogP contribution in [-0.2, 0) is 19.4 Å². The summed E-state index contributed by atoms with van der Waals surface area (Å²) in [5, 5.41) is 3.81. The van der Waals surface area contributed by atoms with E-state index >= 15 is 0 Å². The van der Waals surface area contributed by atoms with Gasteiger partial charge in [0.15, 0.2) is 9.84 Å². The number of methoxy groups -OCH3 is 1. The number of rotatable bonds is 6. The Kier molecular flexibility index (Phi) is 6.38. The van der Waals surface area contributed by atoms with Crippen LogP contribution in [0.5, 0.6) is 0 Å². The number of nitrogens with one attached hydrogen (secondary N) is 1. The number of amides is 1. The molecule has 3 rings (SSSR count). The molecule has 29 heavy (non-hydrogen) atoms. The number of fused-ring (bicyclic) bond motifs is 1. The molecule has 1 aliphatic heterocycles. The van der Waals surface area contributed by atoms with E-state index in [0.29, 0.717) is 24.6 Å². The van der Waals surface area contributed by atoms with Gasteiger partial charge in [0, 0.05) is 37.9 Å². The SMILES string of the molecule is COC[C@@H](C)NC(=O)[C@H]1CCCN(c2nc(C)c3ccc(S(C)(=O)=O)cc3n2)C1. The van der Waals surface area contributed by atoms with Crippen molar-refractivity contribution in [2.45, 2.75) is 37.6 Å². The molecular formula is C20H28N4O4S. The Bertz CT molecular complexity index is 1010. The first-order chi connectivity index (χ1) is 13.7. The van der Waals surface area contributed by atoms with E-state index in [1.54, 1.807) is 25.3 Å². The van der Waals surface area contributed by atoms with Gasteiger partial charge in [0.25, 0.3) is 0 Å². The maximum atomic E-state index is 12.6. The third-order valence-corrected chi connectivity index (χ3v) is 6.27. The molecule has 0 unspecified atom stereocenters. The number of ether oxygens (including phenoxy) is 1. The summed E-state index contributed by atoms with van der Waals surface area (Å²) in [5.41, 5.74) is 1.38. The second-order valence-corrected chi connectivity index (χ2v) is 9.73. The molecule has 1 N–H and O–H groups in total. The van der Waals surface area contributed by atoms with E-state index < -0.39 is 9.84 Å². The van der Waals surface area contributed by atoms with Crippen molar-refractivity contribution in [1.82, 2.24) is 15.3 Å². The lowest BCUT2D eigenvalue weighted by Crippen LogP contribution is -2.46. The van der Waals surface area contributed by atoms with Crippen molar-refractivity contribution in [3.63, 3.8) is 0 Å². The monoisotopic (exact) mass is 420 g/mol. The zero-order chi connectivity index (χ0) is 21.2. The fourth-order valence-corrected chi connectivity index (χ4v) is 4.29. The number of carbonyl (C=O) groups is 1. The van der Waals surface area contributed by atoms with Crippen LogP contribution in [0.25, 0.3) is 10.9 Å². The largest absolute Gasteiger partial charge is 0.383 e. The van der Waals surface area contributed by atoms with E-state index in [9.17, 15) is 13.2 Å². The van der Waals surface area contributed by atoms with Crippen molar-refractivity contribution in [3.8, 4) is 0 Å². The lowest BCUT2D eigenvalue weighted by Gasteiger charge is -2.32. The predicted molar refractivity (Wildman–Crippen MR) is 112 cm³/mol. The van der Waals surface area contributed by atoms with E-state index in [2.05, 4.69) is 15.3 Å². The molecule has 1 saturated heterocycles. The minimum absolute atomic E-state index is 0.0103. The summed E-state index contributed by atoms with van der Waals surface area (Å²) < 4.78 is 28.9. The third-order valence-electron chi connectivity index (χ3n) is 5.16. The van der Waals surface area contributed by atoms with Gasteiger partial charge in [-0.05, 0) is 44.9 Å². The number of benzene rings is 1. The first-order valence-corrected chi connectivity index (χ1v) is 11.6. The average Bonchev–Trinajstić information content (AvgIpc) is 2.67. The first-order valence-electron chi connectivity index (χ1n) is 9.71. The number of piperidine rings is 1. The fourth-order valence-electron chi connectivity index (χ4n) is 3.65. The molecule has 1 amide bonds. The lowest BCUT2D eigenvalue weighted by molar-refractivity contribution is -0.126. The van der Waals surface area contributed by atoms with Gasteiger partial charge in [-0.25, -0.2) is 18.4 Å². The molecule has 0 aliphatic carbocycles. The number of aromatic nitrogens is 2. The summed E-state index contributed by atoms with van der Waals surface area (Å²) in [6, 6.07) is 4.87. The first kappa shape index (κ1) is 21.4. The summed E-state index contributed by atoms with van der Waals surface area (Å²) in [6.07, 6.45) is 2.86. The van der Waals surface area contributed by atoms with Gasteiger partial charge < -0.3 is 15.0 Å². The summed E-state index contributed by atoms with van der Waals surface area (Å²) in [7, 11) is -1.71. The van der Waals surface area contributed by atoms with Gasteiger partial charge in [0.2, 0.25) is 11.9 Å². The zero-order valence-corrected chi connectivity index (χ0v) is 18.1. The van der Waals surface area contributed by atoms with Gasteiger partial charge in [-0.15, -0.1) is 0 Å². The summed E-state index contributed by atoms with van der Waals surface area (Å²) in [6.45, 7) is 5.56. The molecule has 8 nitrogen and oxygen atoms in total. The molecule has 0 spiro atoms. The van der Waals surface area contributed by atoms with Crippen LogP contribution in [0.15, 0.2) is 23.1 Å². The van der Waals surface area contributed by atoms with E-state index in [1.807, 2.05) is 18.7 Å². The Hall–Kier alpha value is -2.26. The Morgan fingerprint density at radius 2 is 2.14 bits per heavy atom. The lowest BCUT2D eigenvalue weighted by atomic mass is 9.97. The molecule has 1 aliphatic rings. The topological polar surface area (TPSA) is 101 Å². The predicted octanol–water partition coefficient (Wildman–Crippen LogP) is 1.71. The highest BCUT2D eigenvalue weighted by molar-refractivity contribution is 7.90. The van der Waals surface area contributed by atoms with E-state index in [-0.39, 0.29) is 22.8 Å². The van der Waals surface area contributed by atoms with Gasteiger partial charge in [-0.3, -0.25) is 4.79 Å². The quantitative estimate of drug-likeness (QED) is 0.759. The molecule has 2 aromatic rings. The van der Waals surface area contributed by atoms with Crippen LogP contribution in [0.1, 0.15) is 25.5 Å². The molecule has 1 fully saturated rings. The van der Waals surface area contributed by atoms with Crippen LogP contribution < -0.4 is 10.2 Å². The standard InChI is InChI=1S/C20H28N4O4S/c1-13(12-28-3)21-19(25)15-6-5-9-24(11-15)20-22-14(2)17-8-7-16(29(4,26)27)10-18(17)23-20/h7-8,10,13,15H,5-6,9,11-12H2,1-4H3,(H,21,25)/t13-,15+/m1/s1. The molecular weight excluding hydrogens is 392 g/mol. The van der Waals surface area contributed by atoms with Crippen LogP contribution >= 0.6 is 0 Å². The molecule has 0 radical (unpaired) electrons. The average molecular weight is 421 g/mol. The van der Waals surface area contributed by atoms with E-state index in [1.165, 1.54) is 6.26 Å². The van der Waals surface area contributed by atoms with Crippen molar-refractivity contribution in [2.75, 3.05) is 38.0 Å². The zero-order valence-electron chi connectivity index (χ0n) is 17.3. The smallest absolute Gasteiger partial charge is 0.226 e. The molecule has 0 bridgehead atoms. The van der Waals surface area contributed by atoms with Crippen LogP contribution in [0.3, 0.4) is 0 Å². The second-order valence-electron chi connectivity index (χ2n) is 7.71. The minimum Gasteiger partial charge on any atom is -0.383 e. The summed E-state index contributed by atoms with van der Waals surface area (Å²) in [5.74, 6) is 0.393. The third kappa shape index (κ3) is 5.02. The number of hydrogen-bond acceptors (Lipinski definition) is 7. The van der Waals surface area contributed by atoms with E-state index in [4.69, 9.17) is 4.74 Å². The van der Waals surface area contributed by atoms with Crippen molar-refractivity contribution in [1.29, 1.82) is 0 Å². The normalized spacial score (nSPS) is 18.6. The van der Waals surface area contributed by atoms with Gasteiger partial charge in [0.05, 0.1) is 28.6 Å². The molecule has 0 saturated carbocycles. The maximum Gasteiger partial charge on any atom is 0.226 e. The van der Waals surface area contributed by atoms with Gasteiger partial charge in [-0.1, -0.05) is 0 Å². The second kappa shape index (κ2) is 8.62. The molecule has 9 heteroatoms. The van der Waals surface area contributed by atoms with Gasteiger partial charge >= 0.3 is 0 Å². The number of nitrogens with zero attached hydrogens (tertiary/aromatic N) is 3. The van der Waals surface area contributed by atoms with Crippen LogP contribution in [0.4, 0.5) is 5.95 Å². The Morgan fingerprint density at radius 3 is 2.83 bits per heavy atom. The highest BCUT2D eigenvalue weighted by Gasteiger charge is 2.28. The van der Waals surface area contributed by atoms with Crippen molar-refractivity contribution in [2.24, 2.45) is 5.92 Å². The number of sulfone groups is 1. The van der Waals surface area contributed by atoms with Crippen LogP contribution in [0, 0.1) is 12.8 Å². The molecule has 2 heterocycles. The summed E-state index contributed by atoms with van der Waals surface area (Å²) >= 11 is 0. The van der Waals surface area contributed by atoms with Crippen molar-refractivity contribution >= 4 is 32.6 Å². The van der Waals surface area contributed by atoms with Gasteiger partial charge in [-0.2, -0.15) is 0 Å². The number of anilines is 1. The van der Waals surface area contributed by atoms with Crippen LogP contribution in [0.2, 0.25) is 0 Å². The Balaban J connectivity index is 1.84. The fraction of sp³-hybridized carbons (Fsp3) is 0.550. The Morgan fingerprint density at radius 1 is 1.38 bits per heavy atom. The molecule has 2 atom stereocenters. The highest BCUT2D eigenvalue weighted by Crippen LogP contribution is 2.25. The van der Waals surface area contributed by atoms with E-state index in [0.717, 1.165) is 30.5 Å². The summed E-state index contributed by atoms with van der Waals surface area (Å²) in [4.78, 5) is 24.1. The number of carbonyl (C=O) groups excluding carboxylic acids is 1. The number of hydrogen-bond donors (Lipinski definition) is 1. The maximum absolute atomic E-state index is 12.6. The molecule has 158 valence electrons. The molecule has 1 aromatic heterocycles. The van der Waals surface area contributed by atoms with Crippen molar-refractivity contribution < 1.29 is 17.9 Å². The highest BCUT2D eigenvalue weighted by atomic mass is 32.2. The minimum atomic E-state index is -3.32. The van der Waals surface area contributed by atoms with Crippen LogP contribution in [-0.4, -0.2) is 63.4 Å². The Labute approximate surface area is 171 Å². The van der Waals surface area contributed by atoms with Crippen molar-refractivity contribution in [3.05, 3.63) is 23.9 Å².